The summed E-state index contributed by atoms with van der Waals surface area (Å²) < 4.78 is 21.0. The number of fused-ring (bicyclic) bond motifs is 1. The van der Waals surface area contributed by atoms with Crippen LogP contribution in [0.3, 0.4) is 0 Å². The first-order valence-electron chi connectivity index (χ1n) is 25.2. The predicted octanol–water partition coefficient (Wildman–Crippen LogP) is 7.55. The predicted molar refractivity (Wildman–Crippen MR) is 290 cm³/mol. The lowest BCUT2D eigenvalue weighted by Gasteiger charge is -2.35. The zero-order valence-corrected chi connectivity index (χ0v) is 43.9. The molecule has 4 aromatic carbocycles. The van der Waals surface area contributed by atoms with Crippen LogP contribution in [0.4, 0.5) is 11.5 Å². The Hall–Kier alpha value is -8.30. The van der Waals surface area contributed by atoms with Crippen molar-refractivity contribution in [2.45, 2.75) is 72.0 Å². The van der Waals surface area contributed by atoms with Crippen molar-refractivity contribution in [1.29, 1.82) is 0 Å². The van der Waals surface area contributed by atoms with E-state index in [0.717, 1.165) is 44.0 Å². The Balaban J connectivity index is 0.708. The number of aromatic nitrogens is 6. The molecule has 3 atom stereocenters. The van der Waals surface area contributed by atoms with Gasteiger partial charge >= 0.3 is 5.97 Å². The van der Waals surface area contributed by atoms with Crippen molar-refractivity contribution in [2.24, 2.45) is 5.41 Å². The molecule has 5 N–H and O–H groups in total. The van der Waals surface area contributed by atoms with Crippen molar-refractivity contribution in [1.82, 2.24) is 44.9 Å². The minimum absolute atomic E-state index is 0.0308. The molecule has 4 aromatic heterocycles. The molecule has 77 heavy (non-hydrogen) atoms. The second-order valence-electron chi connectivity index (χ2n) is 19.7. The second-order valence-corrected chi connectivity index (χ2v) is 20.6. The topological polar surface area (TPSA) is 237 Å². The number of carboxylic acids is 1. The fraction of sp³-hybridized carbons (Fsp3) is 0.298. The molecule has 19 nitrogen and oxygen atoms in total. The number of rotatable bonds is 22. The molecular formula is C57H60N10O9S. The van der Waals surface area contributed by atoms with Crippen molar-refractivity contribution >= 4 is 52.2 Å². The zero-order chi connectivity index (χ0) is 54.1. The van der Waals surface area contributed by atoms with Crippen molar-refractivity contribution < 1.29 is 43.6 Å². The largest absolute Gasteiger partial charge is 0.487 e. The number of pyridine rings is 1. The first-order chi connectivity index (χ1) is 37.2. The van der Waals surface area contributed by atoms with E-state index in [1.165, 1.54) is 4.90 Å². The summed E-state index contributed by atoms with van der Waals surface area (Å²) >= 11 is 1.57. The third kappa shape index (κ3) is 13.4. The number of imidazole rings is 1. The maximum Gasteiger partial charge on any atom is 0.335 e. The average molecular weight is 1060 g/mol. The summed E-state index contributed by atoms with van der Waals surface area (Å²) in [4.78, 5) is 63.9. The number of β-amino-alcohol motifs (C(OH)–C–C–N with tert-alkyl or cyclic N) is 1. The van der Waals surface area contributed by atoms with E-state index in [-0.39, 0.29) is 57.4 Å². The highest BCUT2D eigenvalue weighted by Crippen LogP contribution is 2.35. The lowest BCUT2D eigenvalue weighted by Crippen LogP contribution is -2.58. The number of aliphatic hydroxyl groups is 1. The van der Waals surface area contributed by atoms with Gasteiger partial charge in [0, 0.05) is 37.0 Å². The van der Waals surface area contributed by atoms with E-state index in [4.69, 9.17) is 19.2 Å². The summed E-state index contributed by atoms with van der Waals surface area (Å²) in [5.41, 5.74) is 9.83. The molecule has 9 rings (SSSR count). The number of anilines is 2. The lowest BCUT2D eigenvalue weighted by molar-refractivity contribution is -0.144. The van der Waals surface area contributed by atoms with Crippen molar-refractivity contribution in [2.75, 3.05) is 38.3 Å². The van der Waals surface area contributed by atoms with Gasteiger partial charge in [0.25, 0.3) is 0 Å². The van der Waals surface area contributed by atoms with Crippen LogP contribution >= 0.6 is 11.3 Å². The molecule has 1 fully saturated rings. The molecule has 1 aliphatic heterocycles. The van der Waals surface area contributed by atoms with Crippen LogP contribution in [0, 0.1) is 12.3 Å². The molecule has 1 saturated heterocycles. The van der Waals surface area contributed by atoms with Crippen LogP contribution in [-0.4, -0.2) is 119 Å². The summed E-state index contributed by atoms with van der Waals surface area (Å²) in [6, 6.07) is 34.2. The summed E-state index contributed by atoms with van der Waals surface area (Å²) in [6.45, 7) is 8.55. The van der Waals surface area contributed by atoms with Crippen LogP contribution in [-0.2, 0) is 43.6 Å². The number of benzene rings is 4. The number of aromatic carboxylic acids is 1. The van der Waals surface area contributed by atoms with Gasteiger partial charge in [0.2, 0.25) is 17.7 Å². The number of aliphatic hydroxyl groups excluding tert-OH is 1. The van der Waals surface area contributed by atoms with E-state index in [2.05, 4.69) is 31.2 Å². The summed E-state index contributed by atoms with van der Waals surface area (Å²) in [6.07, 6.45) is 2.93. The fourth-order valence-electron chi connectivity index (χ4n) is 8.91. The number of nitrogens with zero attached hydrogens (tertiary/aromatic N) is 7. The number of nitrogens with one attached hydrogen (secondary N) is 3. The third-order valence-electron chi connectivity index (χ3n) is 13.0. The highest BCUT2D eigenvalue weighted by Gasteiger charge is 2.44. The number of hydrogen-bond donors (Lipinski definition) is 5. The van der Waals surface area contributed by atoms with Gasteiger partial charge in [0.1, 0.15) is 53.9 Å². The van der Waals surface area contributed by atoms with Crippen LogP contribution in [0.5, 0.6) is 5.75 Å². The molecule has 1 aliphatic rings. The quantitative estimate of drug-likeness (QED) is 0.0412. The van der Waals surface area contributed by atoms with Gasteiger partial charge in [-0.2, -0.15) is 0 Å². The fourth-order valence-corrected chi connectivity index (χ4v) is 9.73. The molecule has 398 valence electrons. The van der Waals surface area contributed by atoms with E-state index < -0.39 is 41.4 Å². The highest BCUT2D eigenvalue weighted by atomic mass is 32.1. The van der Waals surface area contributed by atoms with Crippen molar-refractivity contribution in [3.8, 4) is 38.6 Å². The Morgan fingerprint density at radius 2 is 1.60 bits per heavy atom. The molecule has 3 amide bonds. The zero-order valence-electron chi connectivity index (χ0n) is 43.1. The smallest absolute Gasteiger partial charge is 0.335 e. The van der Waals surface area contributed by atoms with Crippen molar-refractivity contribution in [3.05, 3.63) is 156 Å². The Morgan fingerprint density at radius 3 is 2.31 bits per heavy atom. The van der Waals surface area contributed by atoms with Gasteiger partial charge in [-0.05, 0) is 95.3 Å². The molecule has 5 heterocycles. The van der Waals surface area contributed by atoms with Gasteiger partial charge in [-0.15, -0.1) is 16.4 Å². The summed E-state index contributed by atoms with van der Waals surface area (Å²) in [5.74, 6) is -1.01. The number of carboxylic acid groups (broad SMARTS) is 1. The molecule has 0 spiro atoms. The number of hydrogen-bond acceptors (Lipinski definition) is 14. The van der Waals surface area contributed by atoms with Crippen molar-refractivity contribution in [3.63, 3.8) is 0 Å². The first-order valence-corrected chi connectivity index (χ1v) is 26.1. The maximum atomic E-state index is 14.0. The van der Waals surface area contributed by atoms with Crippen LogP contribution in [0.1, 0.15) is 54.5 Å². The Labute approximate surface area is 448 Å². The number of aryl methyl sites for hydroxylation is 1. The van der Waals surface area contributed by atoms with Gasteiger partial charge < -0.3 is 45.3 Å². The Kier molecular flexibility index (Phi) is 16.8. The summed E-state index contributed by atoms with van der Waals surface area (Å²) in [5, 5.41) is 37.6. The highest BCUT2D eigenvalue weighted by molar-refractivity contribution is 7.13. The van der Waals surface area contributed by atoms with E-state index in [1.54, 1.807) is 46.5 Å². The van der Waals surface area contributed by atoms with Gasteiger partial charge in [-0.1, -0.05) is 80.6 Å². The van der Waals surface area contributed by atoms with Crippen LogP contribution < -0.4 is 20.7 Å². The van der Waals surface area contributed by atoms with Crippen LogP contribution in [0.15, 0.2) is 133 Å². The van der Waals surface area contributed by atoms with Gasteiger partial charge in [-0.3, -0.25) is 18.8 Å². The molecule has 0 saturated carbocycles. The Bertz CT molecular complexity index is 3320. The number of thiazole rings is 1. The van der Waals surface area contributed by atoms with Gasteiger partial charge in [-0.25, -0.2) is 19.4 Å². The van der Waals surface area contributed by atoms with Gasteiger partial charge in [0.05, 0.1) is 60.3 Å². The molecular weight excluding hydrogens is 1000 g/mol. The standard InChI is InChI=1S/C57H60N10O9S/c1-36-51(77-35-59-36)40-12-10-37(11-13-40)30-58-54(70)47-29-45(68)32-67(47)55(71)52(57(2,3)4)62-49(69)34-75-27-26-74-25-24-65-31-44(63-64-65)33-76-46-20-16-39(17-21-46)50-53(60-43-18-14-41(15-19-43)56(72)73)66-23-22-42(28-48(66)61-50)38-8-6-5-7-9-38/h5-23,28,31,35,45,47,52,60,68H,24-27,29-30,32-34H2,1-4H3,(H,58,70)(H,62,69)(H,72,73)/t45-,47+,52?/m1/s1. The molecule has 0 radical (unpaired) electrons. The number of amides is 3. The molecule has 1 unspecified atom stereocenters. The molecule has 0 aliphatic carbocycles. The van der Waals surface area contributed by atoms with E-state index in [9.17, 15) is 29.4 Å². The Morgan fingerprint density at radius 1 is 0.857 bits per heavy atom. The van der Waals surface area contributed by atoms with E-state index in [0.29, 0.717) is 41.8 Å². The minimum atomic E-state index is -0.998. The van der Waals surface area contributed by atoms with E-state index >= 15 is 0 Å². The molecule has 8 aromatic rings. The van der Waals surface area contributed by atoms with Crippen LogP contribution in [0.25, 0.3) is 38.5 Å². The summed E-state index contributed by atoms with van der Waals surface area (Å²) in [7, 11) is 0. The second kappa shape index (κ2) is 24.1. The SMILES string of the molecule is Cc1ncsc1-c1ccc(CNC(=O)[C@@H]2C[C@@H](O)CN2C(=O)C(NC(=O)COCCOCCn2cc(COc3ccc(-c4nc5cc(-c6ccccc6)ccn5c4Nc4ccc(C(=O)O)cc4)cc3)nn2)C(C)(C)C)cc1. The molecule has 20 heteroatoms. The lowest BCUT2D eigenvalue weighted by atomic mass is 9.85. The normalized spacial score (nSPS) is 14.8. The first kappa shape index (κ1) is 53.5. The number of carbonyl (C=O) groups is 4. The van der Waals surface area contributed by atoms with E-state index in [1.807, 2.05) is 135 Å². The third-order valence-corrected chi connectivity index (χ3v) is 14.0. The monoisotopic (exact) mass is 1060 g/mol. The number of ether oxygens (including phenoxy) is 3. The van der Waals surface area contributed by atoms with Crippen LogP contribution in [0.2, 0.25) is 0 Å². The number of carbonyl (C=O) groups excluding carboxylic acids is 3. The minimum Gasteiger partial charge on any atom is -0.487 e. The van der Waals surface area contributed by atoms with Gasteiger partial charge in [0.15, 0.2) is 0 Å². The molecule has 0 bridgehead atoms. The maximum absolute atomic E-state index is 14.0. The average Bonchev–Trinajstić information content (AvgIpc) is 4.29. The number of likely N-dealkylation sites (tertiary alicyclic amines) is 1.